The summed E-state index contributed by atoms with van der Waals surface area (Å²) in [5.74, 6) is -0.332. The Balaban J connectivity index is 1.70. The van der Waals surface area contributed by atoms with E-state index in [1.54, 1.807) is 6.92 Å². The number of fused-ring (bicyclic) bond motifs is 8. The van der Waals surface area contributed by atoms with Crippen LogP contribution in [0, 0.1) is 11.8 Å². The van der Waals surface area contributed by atoms with Crippen LogP contribution in [0.5, 0.6) is 0 Å². The van der Waals surface area contributed by atoms with Crippen molar-refractivity contribution in [1.29, 1.82) is 0 Å². The van der Waals surface area contributed by atoms with E-state index in [2.05, 4.69) is 11.0 Å². The molecule has 0 unspecified atom stereocenters. The molecule has 2 bridgehead atoms. The highest BCUT2D eigenvalue weighted by molar-refractivity contribution is 5.91. The highest BCUT2D eigenvalue weighted by Gasteiger charge is 2.63. The maximum Gasteiger partial charge on any atom is 0.218 e. The van der Waals surface area contributed by atoms with Crippen LogP contribution in [0.1, 0.15) is 24.1 Å². The summed E-state index contributed by atoms with van der Waals surface area (Å²) in [7, 11) is 0. The molecule has 5 rings (SSSR count). The standard InChI is InChI=1S/C18H17NO4/c1-9(20)15-13-12-8-22-18(23-12)17(21)14(13)16-11-5-3-2-4-10(11)6-7-19(15)16/h2-7,12-16,18H,8H2,1H3/t12-,13+,14+,15-,16+,18+/m0/s1. The Hall–Kier alpha value is -1.98. The molecule has 5 heteroatoms. The summed E-state index contributed by atoms with van der Waals surface area (Å²) in [6.07, 6.45) is 3.06. The molecule has 5 nitrogen and oxygen atoms in total. The number of Topliss-reactive ketones (excluding diaryl/α,β-unsaturated/α-hetero) is 2. The molecule has 0 N–H and O–H groups in total. The van der Waals surface area contributed by atoms with Gasteiger partial charge in [0, 0.05) is 12.1 Å². The van der Waals surface area contributed by atoms with Gasteiger partial charge in [-0.05, 0) is 24.1 Å². The van der Waals surface area contributed by atoms with E-state index < -0.39 is 6.29 Å². The topological polar surface area (TPSA) is 55.8 Å². The Morgan fingerprint density at radius 1 is 1.30 bits per heavy atom. The zero-order chi connectivity index (χ0) is 15.7. The van der Waals surface area contributed by atoms with Gasteiger partial charge in [0.2, 0.25) is 6.29 Å². The minimum Gasteiger partial charge on any atom is -0.359 e. The van der Waals surface area contributed by atoms with Crippen LogP contribution in [0.3, 0.4) is 0 Å². The number of carbonyl (C=O) groups is 2. The molecule has 4 aliphatic heterocycles. The number of hydrogen-bond acceptors (Lipinski definition) is 5. The average molecular weight is 311 g/mol. The molecule has 23 heavy (non-hydrogen) atoms. The fraction of sp³-hybridized carbons (Fsp3) is 0.444. The maximum absolute atomic E-state index is 12.9. The van der Waals surface area contributed by atoms with Crippen molar-refractivity contribution in [2.45, 2.75) is 31.4 Å². The van der Waals surface area contributed by atoms with Crippen LogP contribution in [-0.2, 0) is 19.1 Å². The molecule has 0 radical (unpaired) electrons. The van der Waals surface area contributed by atoms with E-state index in [9.17, 15) is 9.59 Å². The van der Waals surface area contributed by atoms with Gasteiger partial charge in [0.05, 0.1) is 30.7 Å². The molecule has 3 saturated heterocycles. The number of benzene rings is 1. The predicted molar refractivity (Wildman–Crippen MR) is 81.1 cm³/mol. The zero-order valence-corrected chi connectivity index (χ0v) is 12.7. The Bertz CT molecular complexity index is 742. The zero-order valence-electron chi connectivity index (χ0n) is 12.7. The number of rotatable bonds is 1. The molecule has 0 aromatic heterocycles. The van der Waals surface area contributed by atoms with E-state index in [0.717, 1.165) is 11.1 Å². The summed E-state index contributed by atoms with van der Waals surface area (Å²) in [6, 6.07) is 7.66. The van der Waals surface area contributed by atoms with Gasteiger partial charge in [0.15, 0.2) is 11.6 Å². The van der Waals surface area contributed by atoms with Crippen LogP contribution in [0.15, 0.2) is 30.5 Å². The number of ether oxygens (including phenoxy) is 2. The highest BCUT2D eigenvalue weighted by atomic mass is 16.7. The van der Waals surface area contributed by atoms with Crippen LogP contribution in [0.4, 0.5) is 0 Å². The van der Waals surface area contributed by atoms with Gasteiger partial charge in [-0.15, -0.1) is 0 Å². The van der Waals surface area contributed by atoms with Gasteiger partial charge in [-0.2, -0.15) is 0 Å². The SMILES string of the molecule is CC(=O)[C@H]1[C@H]2[C@@H](C(=O)[C@@H]3OC[C@@H]2O3)[C@H]2c3ccccc3C=CN21. The van der Waals surface area contributed by atoms with Crippen LogP contribution in [-0.4, -0.2) is 41.5 Å². The van der Waals surface area contributed by atoms with Gasteiger partial charge >= 0.3 is 0 Å². The van der Waals surface area contributed by atoms with Crippen LogP contribution >= 0.6 is 0 Å². The Morgan fingerprint density at radius 2 is 2.13 bits per heavy atom. The molecule has 6 atom stereocenters. The lowest BCUT2D eigenvalue weighted by Gasteiger charge is -2.34. The second-order valence-corrected chi connectivity index (χ2v) is 6.74. The van der Waals surface area contributed by atoms with Crippen LogP contribution in [0.25, 0.3) is 6.08 Å². The normalized spacial score (nSPS) is 39.9. The molecule has 0 aliphatic carbocycles. The highest BCUT2D eigenvalue weighted by Crippen LogP contribution is 2.54. The summed E-state index contributed by atoms with van der Waals surface area (Å²) >= 11 is 0. The van der Waals surface area contributed by atoms with Gasteiger partial charge in [-0.1, -0.05) is 24.3 Å². The molecule has 0 amide bonds. The second kappa shape index (κ2) is 4.52. The van der Waals surface area contributed by atoms with Gasteiger partial charge in [0.1, 0.15) is 0 Å². The van der Waals surface area contributed by atoms with Gasteiger partial charge in [0.25, 0.3) is 0 Å². The summed E-state index contributed by atoms with van der Waals surface area (Å²) in [6.45, 7) is 2.00. The second-order valence-electron chi connectivity index (χ2n) is 6.74. The first-order valence-corrected chi connectivity index (χ1v) is 8.02. The molecule has 1 aromatic rings. The third-order valence-corrected chi connectivity index (χ3v) is 5.62. The van der Waals surface area contributed by atoms with E-state index in [1.165, 1.54) is 0 Å². The molecule has 4 aliphatic rings. The van der Waals surface area contributed by atoms with Crippen molar-refractivity contribution >= 4 is 17.6 Å². The van der Waals surface area contributed by atoms with E-state index in [0.29, 0.717) is 6.61 Å². The van der Waals surface area contributed by atoms with Crippen molar-refractivity contribution < 1.29 is 19.1 Å². The lowest BCUT2D eigenvalue weighted by molar-refractivity contribution is -0.165. The van der Waals surface area contributed by atoms with E-state index in [4.69, 9.17) is 9.47 Å². The summed E-state index contributed by atoms with van der Waals surface area (Å²) < 4.78 is 11.2. The predicted octanol–water partition coefficient (Wildman–Crippen LogP) is 1.54. The number of ketones is 2. The van der Waals surface area contributed by atoms with Crippen molar-refractivity contribution in [1.82, 2.24) is 4.90 Å². The van der Waals surface area contributed by atoms with Crippen molar-refractivity contribution in [3.05, 3.63) is 41.6 Å². The minimum absolute atomic E-state index is 0.0207. The number of carbonyl (C=O) groups excluding carboxylic acids is 2. The lowest BCUT2D eigenvalue weighted by Crippen LogP contribution is -2.47. The third kappa shape index (κ3) is 1.64. The van der Waals surface area contributed by atoms with Crippen molar-refractivity contribution in [2.75, 3.05) is 6.61 Å². The minimum atomic E-state index is -0.758. The van der Waals surface area contributed by atoms with Crippen LogP contribution < -0.4 is 0 Å². The molecule has 118 valence electrons. The Morgan fingerprint density at radius 3 is 2.96 bits per heavy atom. The molecule has 1 aromatic carbocycles. The summed E-state index contributed by atoms with van der Waals surface area (Å²) in [5, 5.41) is 0. The van der Waals surface area contributed by atoms with E-state index in [1.807, 2.05) is 30.5 Å². The largest absolute Gasteiger partial charge is 0.359 e. The average Bonchev–Trinajstić information content (AvgIpc) is 3.13. The van der Waals surface area contributed by atoms with Crippen molar-refractivity contribution in [2.24, 2.45) is 11.8 Å². The van der Waals surface area contributed by atoms with Crippen molar-refractivity contribution in [3.63, 3.8) is 0 Å². The maximum atomic E-state index is 12.9. The molecular formula is C18H17NO4. The molecule has 3 fully saturated rings. The monoisotopic (exact) mass is 311 g/mol. The van der Waals surface area contributed by atoms with E-state index in [-0.39, 0.29) is 41.6 Å². The lowest BCUT2D eigenvalue weighted by atomic mass is 9.76. The Labute approximate surface area is 133 Å². The summed E-state index contributed by atoms with van der Waals surface area (Å²) in [5.41, 5.74) is 2.23. The molecule has 0 spiro atoms. The quantitative estimate of drug-likeness (QED) is 0.787. The van der Waals surface area contributed by atoms with E-state index >= 15 is 0 Å². The third-order valence-electron chi connectivity index (χ3n) is 5.62. The van der Waals surface area contributed by atoms with Gasteiger partial charge < -0.3 is 14.4 Å². The van der Waals surface area contributed by atoms with Crippen LogP contribution in [0.2, 0.25) is 0 Å². The molecular weight excluding hydrogens is 294 g/mol. The first-order valence-electron chi connectivity index (χ1n) is 8.02. The smallest absolute Gasteiger partial charge is 0.218 e. The first-order chi connectivity index (χ1) is 11.2. The van der Waals surface area contributed by atoms with Crippen molar-refractivity contribution in [3.8, 4) is 0 Å². The fourth-order valence-electron chi connectivity index (χ4n) is 4.79. The first kappa shape index (κ1) is 13.5. The Kier molecular flexibility index (Phi) is 2.65. The molecule has 4 heterocycles. The molecule has 0 saturated carbocycles. The van der Waals surface area contributed by atoms with Gasteiger partial charge in [-0.3, -0.25) is 9.59 Å². The summed E-state index contributed by atoms with van der Waals surface area (Å²) in [4.78, 5) is 27.3. The number of nitrogens with zero attached hydrogens (tertiary/aromatic N) is 1. The number of hydrogen-bond donors (Lipinski definition) is 0. The fourth-order valence-corrected chi connectivity index (χ4v) is 4.79. The van der Waals surface area contributed by atoms with Gasteiger partial charge in [-0.25, -0.2) is 0 Å².